The summed E-state index contributed by atoms with van der Waals surface area (Å²) in [6, 6.07) is 11.6. The molecule has 0 saturated carbocycles. The van der Waals surface area contributed by atoms with Gasteiger partial charge in [-0.05, 0) is 43.2 Å². The fourth-order valence-corrected chi connectivity index (χ4v) is 2.93. The largest absolute Gasteiger partial charge is 0.329 e. The van der Waals surface area contributed by atoms with Crippen molar-refractivity contribution < 1.29 is 9.18 Å². The number of imidazole rings is 1. The molecule has 0 saturated heterocycles. The summed E-state index contributed by atoms with van der Waals surface area (Å²) in [5.41, 5.74) is 2.48. The number of hydrogen-bond donors (Lipinski definition) is 1. The third-order valence-electron chi connectivity index (χ3n) is 4.15. The molecule has 0 spiro atoms. The summed E-state index contributed by atoms with van der Waals surface area (Å²) in [5.74, 6) is -0.784. The van der Waals surface area contributed by atoms with Gasteiger partial charge in [0, 0.05) is 12.2 Å². The highest BCUT2D eigenvalue weighted by Gasteiger charge is 2.15. The molecule has 1 N–H and O–H groups in total. The summed E-state index contributed by atoms with van der Waals surface area (Å²) < 4.78 is 16.5. The predicted octanol–water partition coefficient (Wildman–Crippen LogP) is 3.30. The number of hydrogen-bond acceptors (Lipinski definition) is 2. The lowest BCUT2D eigenvalue weighted by molar-refractivity contribution is -0.116. The minimum absolute atomic E-state index is 0.119. The van der Waals surface area contributed by atoms with E-state index in [1.807, 2.05) is 31.2 Å². The Morgan fingerprint density at radius 1 is 1.12 bits per heavy atom. The highest BCUT2D eigenvalue weighted by atomic mass is 19.1. The standard InChI is InChI=1S/C19H20FN3O2/c1-3-10-22-16-6-4-5-7-17(16)23(19(22)25)12-18(24)21-15-11-14(20)9-8-13(15)2/h4-9,11H,3,10,12H2,1-2H3,(H,21,24). The molecule has 2 aromatic carbocycles. The molecule has 3 rings (SSSR count). The average Bonchev–Trinajstić information content (AvgIpc) is 2.84. The normalized spacial score (nSPS) is 11.0. The molecule has 0 aliphatic heterocycles. The van der Waals surface area contributed by atoms with E-state index in [9.17, 15) is 14.0 Å². The van der Waals surface area contributed by atoms with Gasteiger partial charge >= 0.3 is 5.69 Å². The van der Waals surface area contributed by atoms with Gasteiger partial charge in [-0.1, -0.05) is 25.1 Å². The van der Waals surface area contributed by atoms with Crippen molar-refractivity contribution >= 4 is 22.6 Å². The Kier molecular flexibility index (Phi) is 4.70. The Morgan fingerprint density at radius 2 is 1.80 bits per heavy atom. The third-order valence-corrected chi connectivity index (χ3v) is 4.15. The van der Waals surface area contributed by atoms with Gasteiger partial charge in [-0.25, -0.2) is 9.18 Å². The molecule has 3 aromatic rings. The molecule has 0 fully saturated rings. The van der Waals surface area contributed by atoms with E-state index in [1.54, 1.807) is 17.6 Å². The zero-order chi connectivity index (χ0) is 18.0. The number of aryl methyl sites for hydroxylation is 2. The van der Waals surface area contributed by atoms with Crippen LogP contribution in [-0.4, -0.2) is 15.0 Å². The van der Waals surface area contributed by atoms with Gasteiger partial charge in [-0.15, -0.1) is 0 Å². The number of carbonyl (C=O) groups is 1. The van der Waals surface area contributed by atoms with Crippen molar-refractivity contribution in [1.29, 1.82) is 0 Å². The summed E-state index contributed by atoms with van der Waals surface area (Å²) in [6.07, 6.45) is 0.822. The number of halogens is 1. The number of benzene rings is 2. The first kappa shape index (κ1) is 17.0. The minimum Gasteiger partial charge on any atom is -0.324 e. The van der Waals surface area contributed by atoms with Gasteiger partial charge in [0.2, 0.25) is 5.91 Å². The van der Waals surface area contributed by atoms with Gasteiger partial charge in [0.05, 0.1) is 11.0 Å². The fraction of sp³-hybridized carbons (Fsp3) is 0.263. The molecule has 5 nitrogen and oxygen atoms in total. The van der Waals surface area contributed by atoms with Crippen LogP contribution in [0.15, 0.2) is 47.3 Å². The van der Waals surface area contributed by atoms with Gasteiger partial charge in [-0.2, -0.15) is 0 Å². The summed E-state index contributed by atoms with van der Waals surface area (Å²) in [6.45, 7) is 4.26. The molecule has 1 amide bonds. The molecular weight excluding hydrogens is 321 g/mol. The maximum Gasteiger partial charge on any atom is 0.329 e. The average molecular weight is 341 g/mol. The number of rotatable bonds is 5. The Bertz CT molecular complexity index is 988. The van der Waals surface area contributed by atoms with Crippen molar-refractivity contribution in [2.45, 2.75) is 33.4 Å². The maximum atomic E-state index is 13.4. The summed E-state index contributed by atoms with van der Waals surface area (Å²) >= 11 is 0. The molecule has 0 aliphatic carbocycles. The molecule has 0 aliphatic rings. The zero-order valence-corrected chi connectivity index (χ0v) is 14.3. The van der Waals surface area contributed by atoms with Crippen LogP contribution in [0.25, 0.3) is 11.0 Å². The monoisotopic (exact) mass is 341 g/mol. The van der Waals surface area contributed by atoms with E-state index in [-0.39, 0.29) is 18.1 Å². The second-order valence-electron chi connectivity index (χ2n) is 6.02. The number of aromatic nitrogens is 2. The number of anilines is 1. The van der Waals surface area contributed by atoms with Crippen molar-refractivity contribution in [2.24, 2.45) is 0 Å². The highest BCUT2D eigenvalue weighted by Crippen LogP contribution is 2.17. The van der Waals surface area contributed by atoms with Crippen molar-refractivity contribution in [3.8, 4) is 0 Å². The molecule has 0 atom stereocenters. The van der Waals surface area contributed by atoms with Gasteiger partial charge in [0.15, 0.2) is 0 Å². The lowest BCUT2D eigenvalue weighted by Crippen LogP contribution is -2.29. The number of carbonyl (C=O) groups excluding carboxylic acids is 1. The number of nitrogens with zero attached hydrogens (tertiary/aromatic N) is 2. The fourth-order valence-electron chi connectivity index (χ4n) is 2.93. The van der Waals surface area contributed by atoms with E-state index in [1.165, 1.54) is 16.7 Å². The number of amides is 1. The summed E-state index contributed by atoms with van der Waals surface area (Å²) in [7, 11) is 0. The quantitative estimate of drug-likeness (QED) is 0.774. The first-order valence-electron chi connectivity index (χ1n) is 8.25. The Hall–Kier alpha value is -2.89. The third kappa shape index (κ3) is 3.33. The van der Waals surface area contributed by atoms with Gasteiger partial charge in [0.25, 0.3) is 0 Å². The van der Waals surface area contributed by atoms with Crippen LogP contribution in [0.2, 0.25) is 0 Å². The molecule has 0 bridgehead atoms. The smallest absolute Gasteiger partial charge is 0.324 e. The maximum absolute atomic E-state index is 13.4. The second kappa shape index (κ2) is 6.93. The second-order valence-corrected chi connectivity index (χ2v) is 6.02. The molecule has 1 aromatic heterocycles. The van der Waals surface area contributed by atoms with E-state index < -0.39 is 5.82 Å². The SMILES string of the molecule is CCCn1c(=O)n(CC(=O)Nc2cc(F)ccc2C)c2ccccc21. The van der Waals surface area contributed by atoms with Gasteiger partial charge in [0.1, 0.15) is 12.4 Å². The first-order chi connectivity index (χ1) is 12.0. The van der Waals surface area contributed by atoms with Crippen LogP contribution in [0.4, 0.5) is 10.1 Å². The van der Waals surface area contributed by atoms with Crippen molar-refractivity contribution in [3.05, 3.63) is 64.3 Å². The van der Waals surface area contributed by atoms with Gasteiger partial charge < -0.3 is 5.32 Å². The number of fused-ring (bicyclic) bond motifs is 1. The number of para-hydroxylation sites is 2. The van der Waals surface area contributed by atoms with Crippen LogP contribution < -0.4 is 11.0 Å². The molecule has 130 valence electrons. The number of nitrogens with one attached hydrogen (secondary N) is 1. The van der Waals surface area contributed by atoms with Crippen molar-refractivity contribution in [2.75, 3.05) is 5.32 Å². The van der Waals surface area contributed by atoms with E-state index in [0.29, 0.717) is 17.7 Å². The van der Waals surface area contributed by atoms with Crippen LogP contribution in [-0.2, 0) is 17.9 Å². The van der Waals surface area contributed by atoms with Crippen LogP contribution in [0.3, 0.4) is 0 Å². The van der Waals surface area contributed by atoms with E-state index in [2.05, 4.69) is 5.32 Å². The van der Waals surface area contributed by atoms with Crippen LogP contribution in [0.5, 0.6) is 0 Å². The Labute approximate surface area is 144 Å². The molecule has 1 heterocycles. The zero-order valence-electron chi connectivity index (χ0n) is 14.3. The van der Waals surface area contributed by atoms with E-state index >= 15 is 0 Å². The van der Waals surface area contributed by atoms with Crippen molar-refractivity contribution in [3.63, 3.8) is 0 Å². The van der Waals surface area contributed by atoms with Crippen LogP contribution in [0, 0.1) is 12.7 Å². The molecule has 6 heteroatoms. The van der Waals surface area contributed by atoms with Crippen LogP contribution >= 0.6 is 0 Å². The lowest BCUT2D eigenvalue weighted by Gasteiger charge is -2.09. The van der Waals surface area contributed by atoms with E-state index in [0.717, 1.165) is 17.5 Å². The summed E-state index contributed by atoms with van der Waals surface area (Å²) in [4.78, 5) is 25.1. The Morgan fingerprint density at radius 3 is 2.48 bits per heavy atom. The molecular formula is C19H20FN3O2. The lowest BCUT2D eigenvalue weighted by atomic mass is 10.2. The van der Waals surface area contributed by atoms with Crippen molar-refractivity contribution in [1.82, 2.24) is 9.13 Å². The molecule has 0 unspecified atom stereocenters. The van der Waals surface area contributed by atoms with Crippen LogP contribution in [0.1, 0.15) is 18.9 Å². The first-order valence-corrected chi connectivity index (χ1v) is 8.25. The predicted molar refractivity (Wildman–Crippen MR) is 96.3 cm³/mol. The molecule has 25 heavy (non-hydrogen) atoms. The highest BCUT2D eigenvalue weighted by molar-refractivity contribution is 5.92. The topological polar surface area (TPSA) is 56.0 Å². The van der Waals surface area contributed by atoms with Gasteiger partial charge in [-0.3, -0.25) is 13.9 Å². The summed E-state index contributed by atoms with van der Waals surface area (Å²) in [5, 5.41) is 2.68. The van der Waals surface area contributed by atoms with E-state index in [4.69, 9.17) is 0 Å². The minimum atomic E-state index is -0.419. The molecule has 0 radical (unpaired) electrons. The Balaban J connectivity index is 1.92.